The molecule has 1 aliphatic heterocycles. The molecule has 1 saturated heterocycles. The molecule has 20 heavy (non-hydrogen) atoms. The fourth-order valence-corrected chi connectivity index (χ4v) is 2.71. The number of amides is 1. The second-order valence-electron chi connectivity index (χ2n) is 5.61. The maximum atomic E-state index is 11.9. The van der Waals surface area contributed by atoms with Crippen molar-refractivity contribution in [3.05, 3.63) is 29.8 Å². The van der Waals surface area contributed by atoms with E-state index >= 15 is 0 Å². The Morgan fingerprint density at radius 3 is 2.80 bits per heavy atom. The van der Waals surface area contributed by atoms with Gasteiger partial charge in [-0.15, -0.1) is 0 Å². The summed E-state index contributed by atoms with van der Waals surface area (Å²) in [5.41, 5.74) is 6.96. The largest absolute Gasteiger partial charge is 0.399 e. The predicted molar refractivity (Wildman–Crippen MR) is 82.7 cm³/mol. The van der Waals surface area contributed by atoms with Gasteiger partial charge in [-0.2, -0.15) is 0 Å². The third-order valence-corrected chi connectivity index (χ3v) is 4.02. The summed E-state index contributed by atoms with van der Waals surface area (Å²) in [5.74, 6) is -0.0170. The highest BCUT2D eigenvalue weighted by Crippen LogP contribution is 2.16. The molecule has 3 N–H and O–H groups in total. The van der Waals surface area contributed by atoms with Crippen molar-refractivity contribution in [2.75, 3.05) is 25.4 Å². The normalized spacial score (nSPS) is 19.8. The minimum atomic E-state index is -0.0170. The number of rotatable bonds is 5. The van der Waals surface area contributed by atoms with Gasteiger partial charge < -0.3 is 16.0 Å². The summed E-state index contributed by atoms with van der Waals surface area (Å²) in [4.78, 5) is 14.4. The molecule has 0 spiro atoms. The summed E-state index contributed by atoms with van der Waals surface area (Å²) in [6.07, 6.45) is 4.97. The quantitative estimate of drug-likeness (QED) is 0.640. The molecule has 1 heterocycles. The molecule has 4 heteroatoms. The molecule has 1 aromatic rings. The lowest BCUT2D eigenvalue weighted by molar-refractivity contribution is 0.0949. The zero-order chi connectivity index (χ0) is 14.4. The number of anilines is 1. The first-order chi connectivity index (χ1) is 9.66. The second-order valence-corrected chi connectivity index (χ2v) is 5.61. The molecule has 1 amide bonds. The number of nitrogens with one attached hydrogen (secondary N) is 1. The van der Waals surface area contributed by atoms with Crippen LogP contribution in [0.3, 0.4) is 0 Å². The van der Waals surface area contributed by atoms with Gasteiger partial charge in [0.05, 0.1) is 0 Å². The van der Waals surface area contributed by atoms with E-state index in [0.717, 1.165) is 19.5 Å². The number of carbonyl (C=O) groups is 1. The fourth-order valence-electron chi connectivity index (χ4n) is 2.71. The van der Waals surface area contributed by atoms with Gasteiger partial charge in [0.25, 0.3) is 5.91 Å². The van der Waals surface area contributed by atoms with E-state index in [-0.39, 0.29) is 5.91 Å². The molecular formula is C16H25N3O. The Balaban J connectivity index is 1.67. The van der Waals surface area contributed by atoms with E-state index in [1.54, 1.807) is 24.3 Å². The monoisotopic (exact) mass is 275 g/mol. The number of likely N-dealkylation sites (tertiary alicyclic amines) is 1. The van der Waals surface area contributed by atoms with Crippen molar-refractivity contribution in [2.24, 2.45) is 0 Å². The second kappa shape index (κ2) is 7.29. The third-order valence-electron chi connectivity index (χ3n) is 4.02. The van der Waals surface area contributed by atoms with E-state index in [0.29, 0.717) is 17.3 Å². The Bertz CT molecular complexity index is 430. The average molecular weight is 275 g/mol. The number of hydrogen-bond donors (Lipinski definition) is 2. The van der Waals surface area contributed by atoms with Gasteiger partial charge >= 0.3 is 0 Å². The minimum Gasteiger partial charge on any atom is -0.399 e. The average Bonchev–Trinajstić information content (AvgIpc) is 2.46. The summed E-state index contributed by atoms with van der Waals surface area (Å²) >= 11 is 0. The van der Waals surface area contributed by atoms with Crippen molar-refractivity contribution in [3.63, 3.8) is 0 Å². The topological polar surface area (TPSA) is 58.4 Å². The van der Waals surface area contributed by atoms with Gasteiger partial charge in [-0.25, -0.2) is 0 Å². The number of benzene rings is 1. The zero-order valence-corrected chi connectivity index (χ0v) is 12.3. The van der Waals surface area contributed by atoms with Gasteiger partial charge in [0, 0.05) is 30.4 Å². The number of nitrogens with two attached hydrogens (primary N) is 1. The van der Waals surface area contributed by atoms with Crippen LogP contribution < -0.4 is 11.1 Å². The Morgan fingerprint density at radius 1 is 1.35 bits per heavy atom. The molecule has 2 rings (SSSR count). The number of hydrogen-bond acceptors (Lipinski definition) is 3. The predicted octanol–water partition coefficient (Wildman–Crippen LogP) is 2.26. The molecule has 1 aromatic carbocycles. The highest BCUT2D eigenvalue weighted by atomic mass is 16.1. The maximum absolute atomic E-state index is 11.9. The summed E-state index contributed by atoms with van der Waals surface area (Å²) in [6.45, 7) is 5.30. The molecule has 1 fully saturated rings. The van der Waals surface area contributed by atoms with Gasteiger partial charge in [-0.3, -0.25) is 4.79 Å². The highest BCUT2D eigenvalue weighted by molar-refractivity contribution is 5.94. The van der Waals surface area contributed by atoms with Gasteiger partial charge in [0.1, 0.15) is 0 Å². The first-order valence-corrected chi connectivity index (χ1v) is 7.54. The molecule has 0 saturated carbocycles. The van der Waals surface area contributed by atoms with Crippen molar-refractivity contribution in [2.45, 2.75) is 38.6 Å². The van der Waals surface area contributed by atoms with Crippen LogP contribution in [0, 0.1) is 0 Å². The number of nitrogen functional groups attached to an aromatic ring is 1. The smallest absolute Gasteiger partial charge is 0.251 e. The van der Waals surface area contributed by atoms with E-state index in [9.17, 15) is 4.79 Å². The first kappa shape index (κ1) is 14.9. The Kier molecular flexibility index (Phi) is 5.41. The van der Waals surface area contributed by atoms with Gasteiger partial charge in [0.2, 0.25) is 0 Å². The van der Waals surface area contributed by atoms with E-state index in [2.05, 4.69) is 17.1 Å². The van der Waals surface area contributed by atoms with E-state index in [1.807, 2.05) is 0 Å². The number of nitrogens with zero attached hydrogens (tertiary/aromatic N) is 1. The Hall–Kier alpha value is -1.55. The summed E-state index contributed by atoms with van der Waals surface area (Å²) < 4.78 is 0. The molecule has 1 aliphatic rings. The van der Waals surface area contributed by atoms with Crippen LogP contribution in [-0.4, -0.2) is 36.5 Å². The summed E-state index contributed by atoms with van der Waals surface area (Å²) in [6, 6.07) is 7.72. The summed E-state index contributed by atoms with van der Waals surface area (Å²) in [5, 5.41) is 2.97. The Morgan fingerprint density at radius 2 is 2.10 bits per heavy atom. The molecule has 0 radical (unpaired) electrons. The first-order valence-electron chi connectivity index (χ1n) is 7.54. The van der Waals surface area contributed by atoms with Crippen LogP contribution in [0.5, 0.6) is 0 Å². The van der Waals surface area contributed by atoms with Crippen molar-refractivity contribution >= 4 is 11.6 Å². The minimum absolute atomic E-state index is 0.0170. The van der Waals surface area contributed by atoms with Gasteiger partial charge in [-0.05, 0) is 57.0 Å². The molecular weight excluding hydrogens is 250 g/mol. The molecule has 110 valence electrons. The number of piperidine rings is 1. The molecule has 0 aliphatic carbocycles. The SMILES string of the molecule is C[C@@H]1CCCCN1CCCNC(=O)c1ccc(N)cc1. The van der Waals surface area contributed by atoms with Crippen molar-refractivity contribution in [1.29, 1.82) is 0 Å². The van der Waals surface area contributed by atoms with Crippen LogP contribution in [0.15, 0.2) is 24.3 Å². The third kappa shape index (κ3) is 4.23. The van der Waals surface area contributed by atoms with Crippen LogP contribution >= 0.6 is 0 Å². The summed E-state index contributed by atoms with van der Waals surface area (Å²) in [7, 11) is 0. The van der Waals surface area contributed by atoms with Gasteiger partial charge in [-0.1, -0.05) is 6.42 Å². The standard InChI is InChI=1S/C16H25N3O/c1-13-5-2-3-11-19(13)12-4-10-18-16(20)14-6-8-15(17)9-7-14/h6-9,13H,2-5,10-12,17H2,1H3,(H,18,20)/t13-/m1/s1. The lowest BCUT2D eigenvalue weighted by Crippen LogP contribution is -2.39. The molecule has 0 aromatic heterocycles. The Labute approximate surface area is 121 Å². The van der Waals surface area contributed by atoms with E-state index < -0.39 is 0 Å². The van der Waals surface area contributed by atoms with Crippen LogP contribution in [0.4, 0.5) is 5.69 Å². The van der Waals surface area contributed by atoms with Crippen LogP contribution in [0.25, 0.3) is 0 Å². The maximum Gasteiger partial charge on any atom is 0.251 e. The van der Waals surface area contributed by atoms with E-state index in [1.165, 1.54) is 25.8 Å². The lowest BCUT2D eigenvalue weighted by Gasteiger charge is -2.33. The van der Waals surface area contributed by atoms with Gasteiger partial charge in [0.15, 0.2) is 0 Å². The molecule has 0 unspecified atom stereocenters. The highest BCUT2D eigenvalue weighted by Gasteiger charge is 2.17. The van der Waals surface area contributed by atoms with Crippen molar-refractivity contribution in [1.82, 2.24) is 10.2 Å². The molecule has 1 atom stereocenters. The van der Waals surface area contributed by atoms with Crippen molar-refractivity contribution in [3.8, 4) is 0 Å². The van der Waals surface area contributed by atoms with Crippen LogP contribution in [-0.2, 0) is 0 Å². The molecule has 4 nitrogen and oxygen atoms in total. The molecule has 0 bridgehead atoms. The fraction of sp³-hybridized carbons (Fsp3) is 0.562. The van der Waals surface area contributed by atoms with Crippen LogP contribution in [0.2, 0.25) is 0 Å². The van der Waals surface area contributed by atoms with Crippen molar-refractivity contribution < 1.29 is 4.79 Å². The zero-order valence-electron chi connectivity index (χ0n) is 12.3. The van der Waals surface area contributed by atoms with E-state index in [4.69, 9.17) is 5.73 Å². The van der Waals surface area contributed by atoms with Crippen LogP contribution in [0.1, 0.15) is 43.0 Å². The number of carbonyl (C=O) groups excluding carboxylic acids is 1. The lowest BCUT2D eigenvalue weighted by atomic mass is 10.0.